The fourth-order valence-corrected chi connectivity index (χ4v) is 3.87. The van der Waals surface area contributed by atoms with Gasteiger partial charge in [-0.25, -0.2) is 4.79 Å². The van der Waals surface area contributed by atoms with Crippen LogP contribution < -0.4 is 10.1 Å². The van der Waals surface area contributed by atoms with Crippen LogP contribution in [0.25, 0.3) is 10.8 Å². The lowest BCUT2D eigenvalue weighted by molar-refractivity contribution is -0.139. The lowest BCUT2D eigenvalue weighted by Crippen LogP contribution is -2.29. The van der Waals surface area contributed by atoms with Crippen LogP contribution in [0.1, 0.15) is 29.2 Å². The smallest absolute Gasteiger partial charge is 0.341 e. The van der Waals surface area contributed by atoms with Gasteiger partial charge in [0, 0.05) is 11.8 Å². The Morgan fingerprint density at radius 2 is 1.48 bits per heavy atom. The summed E-state index contributed by atoms with van der Waals surface area (Å²) in [6.45, 7) is -0.384. The van der Waals surface area contributed by atoms with Crippen LogP contribution >= 0.6 is 0 Å². The lowest BCUT2D eigenvalue weighted by atomic mass is 9.98. The zero-order valence-electron chi connectivity index (χ0n) is 18.1. The van der Waals surface area contributed by atoms with Gasteiger partial charge in [0.25, 0.3) is 0 Å². The number of fused-ring (bicyclic) bond motifs is 1. The molecular formula is C28H25NO4. The van der Waals surface area contributed by atoms with Gasteiger partial charge in [0.05, 0.1) is 6.04 Å². The molecule has 0 aliphatic carbocycles. The predicted molar refractivity (Wildman–Crippen MR) is 128 cm³/mol. The second kappa shape index (κ2) is 10.5. The van der Waals surface area contributed by atoms with E-state index in [1.807, 2.05) is 91.0 Å². The maximum Gasteiger partial charge on any atom is 0.341 e. The van der Waals surface area contributed by atoms with Gasteiger partial charge in [-0.2, -0.15) is 0 Å². The van der Waals surface area contributed by atoms with Crippen LogP contribution in [-0.2, 0) is 16.0 Å². The Kier molecular flexibility index (Phi) is 7.00. The summed E-state index contributed by atoms with van der Waals surface area (Å²) in [6.07, 6.45) is 0.954. The second-order valence-corrected chi connectivity index (χ2v) is 7.82. The molecule has 5 nitrogen and oxygen atoms in total. The molecule has 1 amide bonds. The summed E-state index contributed by atoms with van der Waals surface area (Å²) in [7, 11) is 0. The molecule has 4 aromatic carbocycles. The lowest BCUT2D eigenvalue weighted by Gasteiger charge is -2.20. The third-order valence-electron chi connectivity index (χ3n) is 5.47. The van der Waals surface area contributed by atoms with Crippen molar-refractivity contribution < 1.29 is 19.4 Å². The van der Waals surface area contributed by atoms with Crippen LogP contribution in [0.2, 0.25) is 0 Å². The number of carbonyl (C=O) groups excluding carboxylic acids is 1. The molecule has 0 aliphatic heterocycles. The molecule has 0 radical (unpaired) electrons. The number of carboxylic acids is 1. The van der Waals surface area contributed by atoms with E-state index in [1.165, 1.54) is 0 Å². The number of aliphatic carboxylic acids is 1. The van der Waals surface area contributed by atoms with Crippen LogP contribution in [-0.4, -0.2) is 23.6 Å². The van der Waals surface area contributed by atoms with Gasteiger partial charge in [0.1, 0.15) is 5.75 Å². The average molecular weight is 440 g/mol. The molecule has 0 spiro atoms. The summed E-state index contributed by atoms with van der Waals surface area (Å²) >= 11 is 0. The molecule has 4 aromatic rings. The molecule has 166 valence electrons. The number of nitrogens with one attached hydrogen (secondary N) is 1. The Morgan fingerprint density at radius 3 is 2.12 bits per heavy atom. The maximum atomic E-state index is 12.9. The van der Waals surface area contributed by atoms with Gasteiger partial charge < -0.3 is 15.2 Å². The van der Waals surface area contributed by atoms with Gasteiger partial charge in [0.15, 0.2) is 6.61 Å². The van der Waals surface area contributed by atoms with Crippen molar-refractivity contribution in [2.75, 3.05) is 6.61 Å². The number of carbonyl (C=O) groups is 2. The van der Waals surface area contributed by atoms with E-state index in [4.69, 9.17) is 9.84 Å². The van der Waals surface area contributed by atoms with Crippen LogP contribution in [0.4, 0.5) is 0 Å². The number of benzene rings is 4. The molecule has 0 aliphatic rings. The average Bonchev–Trinajstić information content (AvgIpc) is 2.85. The first-order valence-electron chi connectivity index (χ1n) is 10.9. The highest BCUT2D eigenvalue weighted by Gasteiger charge is 2.16. The Morgan fingerprint density at radius 1 is 0.818 bits per heavy atom. The number of rotatable bonds is 9. The van der Waals surface area contributed by atoms with Crippen LogP contribution in [0, 0.1) is 0 Å². The van der Waals surface area contributed by atoms with Crippen molar-refractivity contribution in [2.24, 2.45) is 0 Å². The van der Waals surface area contributed by atoms with Crippen molar-refractivity contribution in [3.05, 3.63) is 114 Å². The summed E-state index contributed by atoms with van der Waals surface area (Å²) < 4.78 is 5.38. The summed E-state index contributed by atoms with van der Waals surface area (Å²) in [4.78, 5) is 23.7. The third kappa shape index (κ3) is 5.77. The van der Waals surface area contributed by atoms with E-state index in [0.29, 0.717) is 18.6 Å². The van der Waals surface area contributed by atoms with Gasteiger partial charge in [-0.05, 0) is 34.6 Å². The Balaban J connectivity index is 1.45. The Bertz CT molecular complexity index is 1200. The first kappa shape index (κ1) is 22.1. The van der Waals surface area contributed by atoms with E-state index in [1.54, 1.807) is 6.07 Å². The predicted octanol–water partition coefficient (Wildman–Crippen LogP) is 5.14. The van der Waals surface area contributed by atoms with Crippen molar-refractivity contribution in [1.82, 2.24) is 5.32 Å². The topological polar surface area (TPSA) is 75.6 Å². The molecule has 5 heteroatoms. The van der Waals surface area contributed by atoms with Crippen LogP contribution in [0.5, 0.6) is 5.75 Å². The summed E-state index contributed by atoms with van der Waals surface area (Å²) in [5.41, 5.74) is 3.11. The quantitative estimate of drug-likeness (QED) is 0.379. The first-order chi connectivity index (χ1) is 16.1. The fraction of sp³-hybridized carbons (Fsp3) is 0.143. The molecule has 0 aromatic heterocycles. The highest BCUT2D eigenvalue weighted by atomic mass is 16.5. The third-order valence-corrected chi connectivity index (χ3v) is 5.47. The Hall–Kier alpha value is -4.12. The van der Waals surface area contributed by atoms with E-state index in [9.17, 15) is 9.59 Å². The molecule has 0 fully saturated rings. The molecular weight excluding hydrogens is 414 g/mol. The zero-order chi connectivity index (χ0) is 23.0. The summed E-state index contributed by atoms with van der Waals surface area (Å²) in [6, 6.07) is 31.1. The number of ether oxygens (including phenoxy) is 1. The van der Waals surface area contributed by atoms with Crippen molar-refractivity contribution in [3.8, 4) is 5.75 Å². The molecule has 0 saturated heterocycles. The van der Waals surface area contributed by atoms with Crippen LogP contribution in [0.3, 0.4) is 0 Å². The number of hydrogen-bond acceptors (Lipinski definition) is 3. The van der Waals surface area contributed by atoms with E-state index < -0.39 is 5.97 Å². The minimum absolute atomic E-state index is 0.0219. The van der Waals surface area contributed by atoms with Crippen molar-refractivity contribution >= 4 is 22.6 Å². The maximum absolute atomic E-state index is 12.9. The van der Waals surface area contributed by atoms with Gasteiger partial charge in [-0.3, -0.25) is 4.79 Å². The van der Waals surface area contributed by atoms with E-state index in [2.05, 4.69) is 5.32 Å². The molecule has 0 bridgehead atoms. The molecule has 0 saturated carbocycles. The van der Waals surface area contributed by atoms with E-state index in [0.717, 1.165) is 27.5 Å². The van der Waals surface area contributed by atoms with Gasteiger partial charge in [-0.15, -0.1) is 0 Å². The Labute approximate surface area is 192 Å². The number of amides is 1. The van der Waals surface area contributed by atoms with E-state index in [-0.39, 0.29) is 18.6 Å². The largest absolute Gasteiger partial charge is 0.481 e. The minimum Gasteiger partial charge on any atom is -0.481 e. The highest BCUT2D eigenvalue weighted by Crippen LogP contribution is 2.27. The van der Waals surface area contributed by atoms with Crippen molar-refractivity contribution in [2.45, 2.75) is 18.9 Å². The molecule has 4 rings (SSSR count). The van der Waals surface area contributed by atoms with Crippen LogP contribution in [0.15, 0.2) is 97.1 Å². The standard InChI is InChI=1S/C28H25NO4/c30-26(29-28(21-8-3-1-4-9-21)22-10-5-2-6-11-22)17-15-20-14-16-24-23(18-20)12-7-13-25(24)33-19-27(31)32/h1-14,16,18,28H,15,17,19H2,(H,29,30)(H,31,32). The molecule has 33 heavy (non-hydrogen) atoms. The SMILES string of the molecule is O=C(O)COc1cccc2cc(CCC(=O)NC(c3ccccc3)c3ccccc3)ccc12. The minimum atomic E-state index is -1.01. The van der Waals surface area contributed by atoms with Gasteiger partial charge in [-0.1, -0.05) is 91.0 Å². The normalized spacial score (nSPS) is 10.8. The summed E-state index contributed by atoms with van der Waals surface area (Å²) in [5, 5.41) is 13.8. The summed E-state index contributed by atoms with van der Waals surface area (Å²) in [5.74, 6) is -0.502. The fourth-order valence-electron chi connectivity index (χ4n) is 3.87. The van der Waals surface area contributed by atoms with Gasteiger partial charge >= 0.3 is 5.97 Å². The molecule has 0 atom stereocenters. The highest BCUT2D eigenvalue weighted by molar-refractivity contribution is 5.89. The second-order valence-electron chi connectivity index (χ2n) is 7.82. The number of carboxylic acid groups (broad SMARTS) is 1. The molecule has 0 unspecified atom stereocenters. The molecule has 2 N–H and O–H groups in total. The van der Waals surface area contributed by atoms with Gasteiger partial charge in [0.2, 0.25) is 5.91 Å². The first-order valence-corrected chi connectivity index (χ1v) is 10.9. The zero-order valence-corrected chi connectivity index (χ0v) is 18.1. The number of hydrogen-bond donors (Lipinski definition) is 2. The number of aryl methyl sites for hydroxylation is 1. The monoisotopic (exact) mass is 439 g/mol. The van der Waals surface area contributed by atoms with E-state index >= 15 is 0 Å². The van der Waals surface area contributed by atoms with Crippen molar-refractivity contribution in [1.29, 1.82) is 0 Å². The molecule has 0 heterocycles. The van der Waals surface area contributed by atoms with Crippen molar-refractivity contribution in [3.63, 3.8) is 0 Å².